The van der Waals surface area contributed by atoms with Crippen LogP contribution in [0.25, 0.3) is 5.57 Å². The van der Waals surface area contributed by atoms with Crippen LogP contribution >= 0.6 is 22.9 Å². The fraction of sp³-hybridized carbons (Fsp3) is 0.300. The number of benzene rings is 1. The first-order valence-electron chi connectivity index (χ1n) is 9.81. The second-order valence-electron chi connectivity index (χ2n) is 7.17. The van der Waals surface area contributed by atoms with Gasteiger partial charge in [0, 0.05) is 60.6 Å². The molecule has 3 aromatic rings. The molecule has 0 spiro atoms. The average molecular weight is 460 g/mol. The molecule has 2 aliphatic rings. The van der Waals surface area contributed by atoms with Crippen molar-refractivity contribution < 1.29 is 8.81 Å². The zero-order valence-electron chi connectivity index (χ0n) is 16.4. The highest BCUT2D eigenvalue weighted by Gasteiger charge is 2.33. The van der Waals surface area contributed by atoms with Gasteiger partial charge in [0.15, 0.2) is 10.8 Å². The number of hydrogen-bond acceptors (Lipinski definition) is 9. The molecule has 1 unspecified atom stereocenters. The van der Waals surface area contributed by atoms with Crippen molar-refractivity contribution in [2.45, 2.75) is 6.04 Å². The molecule has 1 atom stereocenters. The Hall–Kier alpha value is -2.66. The normalized spacial score (nSPS) is 19.9. The number of rotatable bonds is 5. The van der Waals surface area contributed by atoms with Crippen LogP contribution in [0.3, 0.4) is 0 Å². The van der Waals surface area contributed by atoms with E-state index in [2.05, 4.69) is 30.7 Å². The molecule has 11 heteroatoms. The Bertz CT molecular complexity index is 1110. The summed E-state index contributed by atoms with van der Waals surface area (Å²) < 4.78 is 19.3. The number of aromatic nitrogens is 3. The van der Waals surface area contributed by atoms with Crippen LogP contribution in [0.5, 0.6) is 0 Å². The lowest BCUT2D eigenvalue weighted by molar-refractivity contribution is 0.257. The van der Waals surface area contributed by atoms with E-state index in [4.69, 9.17) is 21.0 Å². The third kappa shape index (κ3) is 4.24. The number of piperazine rings is 1. The molecule has 0 aliphatic carbocycles. The monoisotopic (exact) mass is 459 g/mol. The summed E-state index contributed by atoms with van der Waals surface area (Å²) in [4.78, 5) is 11.6. The maximum absolute atomic E-state index is 13.8. The van der Waals surface area contributed by atoms with Crippen LogP contribution in [0.2, 0.25) is 5.02 Å². The van der Waals surface area contributed by atoms with Gasteiger partial charge in [0.25, 0.3) is 0 Å². The van der Waals surface area contributed by atoms with Crippen molar-refractivity contribution in [2.24, 2.45) is 4.99 Å². The summed E-state index contributed by atoms with van der Waals surface area (Å²) in [5, 5.41) is 17.8. The molecule has 5 rings (SSSR count). The molecular weight excluding hydrogens is 441 g/mol. The Balaban J connectivity index is 1.64. The van der Waals surface area contributed by atoms with Gasteiger partial charge >= 0.3 is 0 Å². The summed E-state index contributed by atoms with van der Waals surface area (Å²) in [6, 6.07) is 3.77. The zero-order valence-corrected chi connectivity index (χ0v) is 18.0. The summed E-state index contributed by atoms with van der Waals surface area (Å²) in [7, 11) is 0. The Labute approximate surface area is 186 Å². The molecular formula is C20H19ClFN7OS. The predicted octanol–water partition coefficient (Wildman–Crippen LogP) is 2.73. The molecule has 0 saturated carbocycles. The minimum Gasteiger partial charge on any atom is -0.424 e. The van der Waals surface area contributed by atoms with E-state index in [1.165, 1.54) is 29.9 Å². The molecule has 2 aromatic heterocycles. The molecule has 31 heavy (non-hydrogen) atoms. The molecule has 2 aliphatic heterocycles. The van der Waals surface area contributed by atoms with Gasteiger partial charge in [-0.05, 0) is 12.1 Å². The van der Waals surface area contributed by atoms with Crippen molar-refractivity contribution in [3.05, 3.63) is 69.2 Å². The highest BCUT2D eigenvalue weighted by molar-refractivity contribution is 7.11. The lowest BCUT2D eigenvalue weighted by Crippen LogP contribution is -2.46. The Morgan fingerprint density at radius 3 is 2.87 bits per heavy atom. The molecule has 0 bridgehead atoms. The summed E-state index contributed by atoms with van der Waals surface area (Å²) in [6.45, 7) is 4.30. The number of hydrogen-bond donors (Lipinski definition) is 2. The van der Waals surface area contributed by atoms with E-state index in [0.717, 1.165) is 42.5 Å². The van der Waals surface area contributed by atoms with Gasteiger partial charge in [0.2, 0.25) is 12.3 Å². The largest absolute Gasteiger partial charge is 0.424 e. The lowest BCUT2D eigenvalue weighted by Gasteiger charge is -2.32. The summed E-state index contributed by atoms with van der Waals surface area (Å²) >= 11 is 7.94. The predicted molar refractivity (Wildman–Crippen MR) is 116 cm³/mol. The molecule has 0 radical (unpaired) electrons. The number of nitrogens with one attached hydrogen (secondary N) is 2. The van der Waals surface area contributed by atoms with Crippen molar-refractivity contribution in [3.8, 4) is 0 Å². The first-order chi connectivity index (χ1) is 15.2. The zero-order chi connectivity index (χ0) is 21.2. The van der Waals surface area contributed by atoms with Crippen molar-refractivity contribution in [3.63, 3.8) is 0 Å². The standard InChI is InChI=1S/C20H19ClFN7OS/c21-14-9-12(22)1-2-13(14)17-16(19-28-25-11-30-19)15(10-29-6-3-23-4-7-29)26-18(27-17)20-24-5-8-31-20/h1-2,5,8-9,11,17,23H,3-4,6-7,10H2,(H,26,27). The van der Waals surface area contributed by atoms with Crippen molar-refractivity contribution in [1.82, 2.24) is 30.7 Å². The van der Waals surface area contributed by atoms with Crippen LogP contribution in [-0.2, 0) is 0 Å². The maximum atomic E-state index is 13.8. The summed E-state index contributed by atoms with van der Waals surface area (Å²) in [6.07, 6.45) is 3.02. The van der Waals surface area contributed by atoms with Gasteiger partial charge in [-0.3, -0.25) is 9.89 Å². The van der Waals surface area contributed by atoms with E-state index >= 15 is 0 Å². The number of nitrogens with zero attached hydrogens (tertiary/aromatic N) is 5. The first kappa shape index (κ1) is 20.3. The van der Waals surface area contributed by atoms with Crippen molar-refractivity contribution in [1.29, 1.82) is 0 Å². The highest BCUT2D eigenvalue weighted by atomic mass is 35.5. The van der Waals surface area contributed by atoms with Gasteiger partial charge in [0.05, 0.1) is 5.57 Å². The van der Waals surface area contributed by atoms with E-state index in [1.54, 1.807) is 12.3 Å². The van der Waals surface area contributed by atoms with E-state index in [-0.39, 0.29) is 5.02 Å². The van der Waals surface area contributed by atoms with Crippen LogP contribution < -0.4 is 10.6 Å². The number of halogens is 2. The molecule has 2 N–H and O–H groups in total. The number of aliphatic imine (C=N–C) groups is 1. The van der Waals surface area contributed by atoms with E-state index < -0.39 is 11.9 Å². The second-order valence-corrected chi connectivity index (χ2v) is 8.47. The van der Waals surface area contributed by atoms with Gasteiger partial charge in [0.1, 0.15) is 11.9 Å². The quantitative estimate of drug-likeness (QED) is 0.606. The molecule has 4 heterocycles. The van der Waals surface area contributed by atoms with E-state index in [0.29, 0.717) is 23.8 Å². The van der Waals surface area contributed by atoms with Gasteiger partial charge in [-0.15, -0.1) is 21.5 Å². The molecule has 1 fully saturated rings. The minimum atomic E-state index is -0.549. The van der Waals surface area contributed by atoms with Crippen LogP contribution in [0.15, 0.2) is 51.3 Å². The molecule has 1 aromatic carbocycles. The first-order valence-corrected chi connectivity index (χ1v) is 11.1. The number of thiazole rings is 1. The SMILES string of the molecule is Fc1ccc(C2N=C(c3nccs3)NC(CN3CCNCC3)=C2c2nnco2)c(Cl)c1. The summed E-state index contributed by atoms with van der Waals surface area (Å²) in [5.41, 5.74) is 2.27. The third-order valence-electron chi connectivity index (χ3n) is 5.20. The van der Waals surface area contributed by atoms with Crippen LogP contribution in [0, 0.1) is 5.82 Å². The number of amidine groups is 1. The van der Waals surface area contributed by atoms with Crippen LogP contribution in [-0.4, -0.2) is 58.6 Å². The fourth-order valence-electron chi connectivity index (χ4n) is 3.75. The summed E-state index contributed by atoms with van der Waals surface area (Å²) in [5.74, 6) is 0.579. The van der Waals surface area contributed by atoms with Crippen molar-refractivity contribution >= 4 is 34.3 Å². The molecule has 0 amide bonds. The van der Waals surface area contributed by atoms with Crippen LogP contribution in [0.4, 0.5) is 4.39 Å². The Kier molecular flexibility index (Phi) is 5.77. The topological polar surface area (TPSA) is 91.5 Å². The minimum absolute atomic E-state index is 0.285. The Morgan fingerprint density at radius 1 is 1.29 bits per heavy atom. The third-order valence-corrected chi connectivity index (χ3v) is 6.31. The van der Waals surface area contributed by atoms with Gasteiger partial charge < -0.3 is 15.1 Å². The van der Waals surface area contributed by atoms with Gasteiger partial charge in [-0.1, -0.05) is 17.7 Å². The second kappa shape index (κ2) is 8.83. The maximum Gasteiger partial charge on any atom is 0.247 e. The fourth-order valence-corrected chi connectivity index (χ4v) is 4.61. The molecule has 8 nitrogen and oxygen atoms in total. The van der Waals surface area contributed by atoms with E-state index in [9.17, 15) is 4.39 Å². The van der Waals surface area contributed by atoms with Gasteiger partial charge in [-0.25, -0.2) is 9.37 Å². The Morgan fingerprint density at radius 2 is 2.16 bits per heavy atom. The van der Waals surface area contributed by atoms with Crippen LogP contribution in [0.1, 0.15) is 22.5 Å². The highest BCUT2D eigenvalue weighted by Crippen LogP contribution is 2.40. The van der Waals surface area contributed by atoms with Crippen molar-refractivity contribution in [2.75, 3.05) is 32.7 Å². The van der Waals surface area contributed by atoms with Gasteiger partial charge in [-0.2, -0.15) is 0 Å². The smallest absolute Gasteiger partial charge is 0.247 e. The van der Waals surface area contributed by atoms with E-state index in [1.807, 2.05) is 5.38 Å². The molecule has 160 valence electrons. The average Bonchev–Trinajstić information content (AvgIpc) is 3.49. The lowest BCUT2D eigenvalue weighted by atomic mass is 9.95. The molecule has 1 saturated heterocycles.